The van der Waals surface area contributed by atoms with Crippen LogP contribution in [-0.2, 0) is 16.0 Å². The van der Waals surface area contributed by atoms with Crippen LogP contribution in [0.3, 0.4) is 0 Å². The number of aromatic amines is 1. The molecule has 0 bridgehead atoms. The highest BCUT2D eigenvalue weighted by Crippen LogP contribution is 2.21. The molecule has 0 fully saturated rings. The number of hydrogen-bond donors (Lipinski definition) is 1. The highest BCUT2D eigenvalue weighted by molar-refractivity contribution is 9.10. The van der Waals surface area contributed by atoms with E-state index in [1.165, 1.54) is 6.20 Å². The summed E-state index contributed by atoms with van der Waals surface area (Å²) in [6.45, 7) is 10.8. The van der Waals surface area contributed by atoms with Gasteiger partial charge in [-0.15, -0.1) is 0 Å². The number of hydrogen-bond acceptors (Lipinski definition) is 6. The van der Waals surface area contributed by atoms with Gasteiger partial charge in [-0.05, 0) is 79.0 Å². The molecule has 1 aromatic carbocycles. The molecule has 12 heteroatoms. The van der Waals surface area contributed by atoms with E-state index in [1.54, 1.807) is 52.3 Å². The Morgan fingerprint density at radius 1 is 0.846 bits per heavy atom. The Morgan fingerprint density at radius 2 is 1.33 bits per heavy atom. The summed E-state index contributed by atoms with van der Waals surface area (Å²) in [6.07, 6.45) is 2.95. The van der Waals surface area contributed by atoms with Crippen molar-refractivity contribution in [3.05, 3.63) is 99.1 Å². The second kappa shape index (κ2) is 13.3. The molecule has 0 atom stereocenters. The Balaban J connectivity index is 0.000000293. The number of aromatic nitrogens is 2. The summed E-state index contributed by atoms with van der Waals surface area (Å²) in [6, 6.07) is 9.62. The quantitative estimate of drug-likeness (QED) is 0.231. The lowest BCUT2D eigenvalue weighted by Gasteiger charge is -2.20. The molecule has 2 heterocycles. The summed E-state index contributed by atoms with van der Waals surface area (Å²) in [4.78, 5) is 50.6. The lowest BCUT2D eigenvalue weighted by molar-refractivity contribution is 0.00548. The molecule has 0 aliphatic heterocycles. The van der Waals surface area contributed by atoms with Gasteiger partial charge in [0.25, 0.3) is 0 Å². The lowest BCUT2D eigenvalue weighted by Crippen LogP contribution is -2.29. The number of nitrogens with zero attached hydrogens (tertiary/aromatic N) is 1. The van der Waals surface area contributed by atoms with E-state index in [-0.39, 0.29) is 30.4 Å². The van der Waals surface area contributed by atoms with Gasteiger partial charge in [0, 0.05) is 18.9 Å². The van der Waals surface area contributed by atoms with Gasteiger partial charge >= 0.3 is 11.9 Å². The fourth-order valence-corrected chi connectivity index (χ4v) is 4.25. The van der Waals surface area contributed by atoms with E-state index in [1.807, 2.05) is 30.3 Å². The van der Waals surface area contributed by atoms with Crippen LogP contribution in [0, 0.1) is 0 Å². The van der Waals surface area contributed by atoms with Crippen LogP contribution in [-0.4, -0.2) is 32.7 Å². The number of H-pyrrole nitrogens is 1. The normalized spacial score (nSPS) is 11.3. The van der Waals surface area contributed by atoms with Crippen molar-refractivity contribution in [3.63, 3.8) is 0 Å². The lowest BCUT2D eigenvalue weighted by atomic mass is 10.2. The monoisotopic (exact) mass is 704 g/mol. The van der Waals surface area contributed by atoms with Gasteiger partial charge in [-0.2, -0.15) is 0 Å². The first-order chi connectivity index (χ1) is 17.9. The number of halogens is 4. The molecule has 0 spiro atoms. The molecule has 0 saturated carbocycles. The number of pyridine rings is 2. The maximum absolute atomic E-state index is 12.3. The van der Waals surface area contributed by atoms with Gasteiger partial charge in [0.1, 0.15) is 32.6 Å². The van der Waals surface area contributed by atoms with E-state index < -0.39 is 34.0 Å². The smallest absolute Gasteiger partial charge is 0.345 e. The van der Waals surface area contributed by atoms with Crippen LogP contribution in [0.2, 0.25) is 10.3 Å². The number of nitrogens with one attached hydrogen (secondary N) is 1. The van der Waals surface area contributed by atoms with Gasteiger partial charge in [-0.25, -0.2) is 9.59 Å². The predicted molar refractivity (Wildman–Crippen MR) is 159 cm³/mol. The standard InChI is InChI=1S/C17H17BrClNO3.C10H11BrClNO3/c1-17(2,3)23-16(22)13-14(21)12(18)10-20(15(13)19)9-11-7-5-4-6-8-11;1-10(2,3)16-9(15)6-7(14)5(11)4-13-8(6)12/h4-8,10H,9H2,1-3H3;4H,1-3H3,(H,13,14). The zero-order valence-electron chi connectivity index (χ0n) is 22.2. The van der Waals surface area contributed by atoms with Gasteiger partial charge < -0.3 is 19.0 Å². The SMILES string of the molecule is CC(C)(C)OC(=O)c1c(Cl)[nH]cc(Br)c1=O.CC(C)(C)OC(=O)c1c(Cl)n(Cc2ccccc2)cc(Br)c1=O. The first-order valence-corrected chi connectivity index (χ1v) is 13.9. The molecule has 1 N–H and O–H groups in total. The third-order valence-corrected chi connectivity index (χ3v) is 6.42. The van der Waals surface area contributed by atoms with E-state index in [0.29, 0.717) is 6.54 Å². The Kier molecular flexibility index (Phi) is 11.2. The summed E-state index contributed by atoms with van der Waals surface area (Å²) in [5.41, 5.74) is -1.70. The molecule has 0 saturated heterocycles. The maximum atomic E-state index is 12.3. The van der Waals surface area contributed by atoms with Crippen molar-refractivity contribution in [3.8, 4) is 0 Å². The summed E-state index contributed by atoms with van der Waals surface area (Å²) >= 11 is 18.3. The first kappa shape index (κ1) is 32.8. The molecule has 210 valence electrons. The van der Waals surface area contributed by atoms with Crippen LogP contribution in [0.1, 0.15) is 67.8 Å². The number of rotatable bonds is 4. The van der Waals surface area contributed by atoms with E-state index >= 15 is 0 Å². The zero-order chi connectivity index (χ0) is 29.7. The fraction of sp³-hybridized carbons (Fsp3) is 0.333. The van der Waals surface area contributed by atoms with Crippen molar-refractivity contribution in [2.24, 2.45) is 0 Å². The third kappa shape index (κ3) is 9.63. The Hall–Kier alpha value is -2.40. The topological polar surface area (TPSA) is 107 Å². The number of carbonyl (C=O) groups is 2. The average molecular weight is 707 g/mol. The summed E-state index contributed by atoms with van der Waals surface area (Å²) in [5.74, 6) is -1.46. The largest absolute Gasteiger partial charge is 0.456 e. The summed E-state index contributed by atoms with van der Waals surface area (Å²) in [7, 11) is 0. The predicted octanol–water partition coefficient (Wildman–Crippen LogP) is 7.01. The van der Waals surface area contributed by atoms with E-state index in [0.717, 1.165) is 5.56 Å². The molecule has 0 aliphatic carbocycles. The Labute approximate surface area is 252 Å². The Morgan fingerprint density at radius 3 is 1.85 bits per heavy atom. The van der Waals surface area contributed by atoms with Crippen molar-refractivity contribution in [1.82, 2.24) is 9.55 Å². The van der Waals surface area contributed by atoms with Crippen molar-refractivity contribution in [2.45, 2.75) is 59.3 Å². The maximum Gasteiger partial charge on any atom is 0.345 e. The summed E-state index contributed by atoms with van der Waals surface area (Å²) < 4.78 is 12.5. The molecule has 0 radical (unpaired) electrons. The summed E-state index contributed by atoms with van der Waals surface area (Å²) in [5, 5.41) is 0.0405. The minimum Gasteiger partial charge on any atom is -0.456 e. The molecule has 8 nitrogen and oxygen atoms in total. The van der Waals surface area contributed by atoms with Gasteiger partial charge in [-0.1, -0.05) is 53.5 Å². The Bertz CT molecular complexity index is 1470. The number of esters is 2. The third-order valence-electron chi connectivity index (χ3n) is 4.56. The van der Waals surface area contributed by atoms with Crippen LogP contribution >= 0.6 is 55.1 Å². The first-order valence-electron chi connectivity index (χ1n) is 11.6. The van der Waals surface area contributed by atoms with Crippen LogP contribution < -0.4 is 10.9 Å². The highest BCUT2D eigenvalue weighted by Gasteiger charge is 2.26. The van der Waals surface area contributed by atoms with Gasteiger partial charge in [0.15, 0.2) is 0 Å². The van der Waals surface area contributed by atoms with E-state index in [2.05, 4.69) is 36.8 Å². The second-order valence-electron chi connectivity index (χ2n) is 10.2. The van der Waals surface area contributed by atoms with Crippen LogP contribution in [0.4, 0.5) is 0 Å². The minimum absolute atomic E-state index is 0.0255. The average Bonchev–Trinajstić information content (AvgIpc) is 2.79. The molecule has 3 rings (SSSR count). The fourth-order valence-electron chi connectivity index (χ4n) is 3.00. The van der Waals surface area contributed by atoms with Gasteiger partial charge in [0.05, 0.1) is 8.95 Å². The van der Waals surface area contributed by atoms with E-state index in [9.17, 15) is 19.2 Å². The molecular formula is C27H28Br2Cl2N2O6. The van der Waals surface area contributed by atoms with Gasteiger partial charge in [0.2, 0.25) is 10.9 Å². The molecular weight excluding hydrogens is 679 g/mol. The van der Waals surface area contributed by atoms with Crippen molar-refractivity contribution < 1.29 is 19.1 Å². The van der Waals surface area contributed by atoms with Crippen molar-refractivity contribution in [2.75, 3.05) is 0 Å². The van der Waals surface area contributed by atoms with Gasteiger partial charge in [-0.3, -0.25) is 9.59 Å². The number of benzene rings is 1. The van der Waals surface area contributed by atoms with E-state index in [4.69, 9.17) is 32.7 Å². The van der Waals surface area contributed by atoms with Crippen LogP contribution in [0.25, 0.3) is 0 Å². The molecule has 0 aliphatic rings. The molecule has 2 aromatic heterocycles. The molecule has 0 amide bonds. The molecule has 0 unspecified atom stereocenters. The van der Waals surface area contributed by atoms with Crippen molar-refractivity contribution in [1.29, 1.82) is 0 Å². The van der Waals surface area contributed by atoms with Crippen LogP contribution in [0.5, 0.6) is 0 Å². The number of carbonyl (C=O) groups excluding carboxylic acids is 2. The van der Waals surface area contributed by atoms with Crippen molar-refractivity contribution >= 4 is 67.0 Å². The highest BCUT2D eigenvalue weighted by atomic mass is 79.9. The zero-order valence-corrected chi connectivity index (χ0v) is 26.8. The molecule has 3 aromatic rings. The molecule has 39 heavy (non-hydrogen) atoms. The number of ether oxygens (including phenoxy) is 2. The second-order valence-corrected chi connectivity index (χ2v) is 12.7. The minimum atomic E-state index is -0.736. The van der Waals surface area contributed by atoms with Crippen LogP contribution in [0.15, 0.2) is 61.3 Å².